The fourth-order valence-electron chi connectivity index (χ4n) is 0.842. The van der Waals surface area contributed by atoms with Crippen molar-refractivity contribution in [3.63, 3.8) is 0 Å². The smallest absolute Gasteiger partial charge is 0 e. The normalized spacial score (nSPS) is 10.4. The van der Waals surface area contributed by atoms with Crippen LogP contribution in [0.3, 0.4) is 0 Å². The average molecular weight is 323 g/mol. The first-order chi connectivity index (χ1) is 5.43. The Balaban J connectivity index is 0.00000121. The van der Waals surface area contributed by atoms with Gasteiger partial charge in [-0.2, -0.15) is 0 Å². The first-order valence-electron chi connectivity index (χ1n) is 3.78. The van der Waals surface area contributed by atoms with Crippen molar-refractivity contribution in [1.29, 1.82) is 0 Å². The molecule has 0 aromatic heterocycles. The van der Waals surface area contributed by atoms with E-state index >= 15 is 0 Å². The second-order valence-corrected chi connectivity index (χ2v) is 2.30. The van der Waals surface area contributed by atoms with Gasteiger partial charge in [-0.05, 0) is 12.5 Å². The molecule has 0 spiro atoms. The van der Waals surface area contributed by atoms with Crippen LogP contribution in [0.2, 0.25) is 0 Å². The van der Waals surface area contributed by atoms with Crippen LogP contribution in [-0.4, -0.2) is 0 Å². The molecule has 12 heavy (non-hydrogen) atoms. The Morgan fingerprint density at radius 2 is 1.67 bits per heavy atom. The van der Waals surface area contributed by atoms with Gasteiger partial charge in [0.1, 0.15) is 0 Å². The van der Waals surface area contributed by atoms with Gasteiger partial charge in [0.05, 0.1) is 0 Å². The molecule has 0 radical (unpaired) electrons. The molecule has 0 nitrogen and oxygen atoms in total. The first-order valence-corrected chi connectivity index (χ1v) is 3.78. The van der Waals surface area contributed by atoms with Crippen LogP contribution >= 0.6 is 0 Å². The SMILES string of the molecule is CC=CC=Cc1ccccc1.[Hf]. The van der Waals surface area contributed by atoms with Gasteiger partial charge in [-0.15, -0.1) is 0 Å². The van der Waals surface area contributed by atoms with Gasteiger partial charge >= 0.3 is 0 Å². The molecule has 1 heteroatoms. The second-order valence-electron chi connectivity index (χ2n) is 2.30. The van der Waals surface area contributed by atoms with Crippen molar-refractivity contribution in [2.24, 2.45) is 0 Å². The molecule has 0 aliphatic heterocycles. The molecule has 0 N–H and O–H groups in total. The topological polar surface area (TPSA) is 0 Å². The molecular formula is C11H12Hf. The van der Waals surface area contributed by atoms with E-state index in [1.165, 1.54) is 5.56 Å². The van der Waals surface area contributed by atoms with E-state index in [-0.39, 0.29) is 25.8 Å². The predicted molar refractivity (Wildman–Crippen MR) is 50.3 cm³/mol. The van der Waals surface area contributed by atoms with E-state index in [4.69, 9.17) is 0 Å². The molecule has 0 saturated heterocycles. The van der Waals surface area contributed by atoms with E-state index < -0.39 is 0 Å². The summed E-state index contributed by atoms with van der Waals surface area (Å²) in [5, 5.41) is 0. The average Bonchev–Trinajstić information content (AvgIpc) is 2.07. The number of benzene rings is 1. The standard InChI is InChI=1S/C11H12.Hf/c1-2-3-5-8-11-9-6-4-7-10-11;/h2-10H,1H3;. The van der Waals surface area contributed by atoms with E-state index in [0.29, 0.717) is 0 Å². The van der Waals surface area contributed by atoms with Gasteiger partial charge in [0.2, 0.25) is 0 Å². The van der Waals surface area contributed by atoms with Gasteiger partial charge < -0.3 is 0 Å². The Bertz CT molecular complexity index is 247. The van der Waals surface area contributed by atoms with Crippen LogP contribution < -0.4 is 0 Å². The second kappa shape index (κ2) is 7.23. The molecule has 0 aliphatic carbocycles. The third-order valence-electron chi connectivity index (χ3n) is 1.39. The minimum Gasteiger partial charge on any atom is -0.0877 e. The number of rotatable bonds is 2. The Kier molecular flexibility index (Phi) is 6.97. The van der Waals surface area contributed by atoms with Crippen molar-refractivity contribution >= 4 is 6.08 Å². The summed E-state index contributed by atoms with van der Waals surface area (Å²) in [4.78, 5) is 0. The van der Waals surface area contributed by atoms with Crippen molar-refractivity contribution in [1.82, 2.24) is 0 Å². The fourth-order valence-corrected chi connectivity index (χ4v) is 0.842. The quantitative estimate of drug-likeness (QED) is 0.579. The minimum atomic E-state index is 0. The van der Waals surface area contributed by atoms with Crippen LogP contribution in [0.1, 0.15) is 12.5 Å². The zero-order valence-electron chi connectivity index (χ0n) is 7.20. The van der Waals surface area contributed by atoms with Crippen molar-refractivity contribution < 1.29 is 25.8 Å². The van der Waals surface area contributed by atoms with E-state index in [0.717, 1.165) is 0 Å². The number of allylic oxidation sites excluding steroid dienone is 3. The molecule has 0 aliphatic rings. The van der Waals surface area contributed by atoms with Crippen LogP contribution in [0.5, 0.6) is 0 Å². The van der Waals surface area contributed by atoms with E-state index in [1.54, 1.807) is 0 Å². The summed E-state index contributed by atoms with van der Waals surface area (Å²) >= 11 is 0. The van der Waals surface area contributed by atoms with Gasteiger partial charge in [-0.1, -0.05) is 54.6 Å². The molecule has 60 valence electrons. The van der Waals surface area contributed by atoms with Crippen molar-refractivity contribution in [2.75, 3.05) is 0 Å². The van der Waals surface area contributed by atoms with Crippen LogP contribution in [0.25, 0.3) is 6.08 Å². The Morgan fingerprint density at radius 3 is 2.25 bits per heavy atom. The maximum Gasteiger partial charge on any atom is 0 e. The van der Waals surface area contributed by atoms with Crippen LogP contribution in [0.4, 0.5) is 0 Å². The van der Waals surface area contributed by atoms with Crippen molar-refractivity contribution in [3.05, 3.63) is 54.1 Å². The Morgan fingerprint density at radius 1 is 1.00 bits per heavy atom. The molecule has 0 fully saturated rings. The maximum absolute atomic E-state index is 2.08. The summed E-state index contributed by atoms with van der Waals surface area (Å²) in [5.74, 6) is 0. The van der Waals surface area contributed by atoms with Crippen LogP contribution in [0.15, 0.2) is 48.6 Å². The van der Waals surface area contributed by atoms with Crippen molar-refractivity contribution in [2.45, 2.75) is 6.92 Å². The molecule has 0 atom stereocenters. The van der Waals surface area contributed by atoms with Gasteiger partial charge in [-0.3, -0.25) is 0 Å². The van der Waals surface area contributed by atoms with Gasteiger partial charge in [0.15, 0.2) is 0 Å². The molecule has 0 bridgehead atoms. The molecule has 1 aromatic carbocycles. The maximum atomic E-state index is 2.08. The van der Waals surface area contributed by atoms with Gasteiger partial charge in [-0.25, -0.2) is 0 Å². The minimum absolute atomic E-state index is 0. The van der Waals surface area contributed by atoms with Gasteiger partial charge in [0, 0.05) is 25.8 Å². The molecule has 0 unspecified atom stereocenters. The van der Waals surface area contributed by atoms with E-state index in [1.807, 2.05) is 43.4 Å². The molecule has 0 amide bonds. The summed E-state index contributed by atoms with van der Waals surface area (Å²) in [6.45, 7) is 2.01. The summed E-state index contributed by atoms with van der Waals surface area (Å²) in [6.07, 6.45) is 8.15. The Labute approximate surface area is 92.8 Å². The van der Waals surface area contributed by atoms with Gasteiger partial charge in [0.25, 0.3) is 0 Å². The third kappa shape index (κ3) is 4.45. The summed E-state index contributed by atoms with van der Waals surface area (Å²) in [7, 11) is 0. The summed E-state index contributed by atoms with van der Waals surface area (Å²) in [6, 6.07) is 10.3. The van der Waals surface area contributed by atoms with Crippen molar-refractivity contribution in [3.8, 4) is 0 Å². The van der Waals surface area contributed by atoms with E-state index in [2.05, 4.69) is 18.2 Å². The molecular weight excluding hydrogens is 311 g/mol. The summed E-state index contributed by atoms with van der Waals surface area (Å²) in [5.41, 5.74) is 1.24. The largest absolute Gasteiger partial charge is 0.0877 e. The molecule has 0 heterocycles. The zero-order chi connectivity index (χ0) is 7.94. The number of hydrogen-bond donors (Lipinski definition) is 0. The summed E-state index contributed by atoms with van der Waals surface area (Å²) < 4.78 is 0. The number of hydrogen-bond acceptors (Lipinski definition) is 0. The van der Waals surface area contributed by atoms with Crippen LogP contribution in [-0.2, 0) is 25.8 Å². The zero-order valence-corrected chi connectivity index (χ0v) is 10.8. The third-order valence-corrected chi connectivity index (χ3v) is 1.39. The molecule has 1 rings (SSSR count). The fraction of sp³-hybridized carbons (Fsp3) is 0.0909. The first kappa shape index (κ1) is 11.6. The van der Waals surface area contributed by atoms with Crippen LogP contribution in [0, 0.1) is 0 Å². The Hall–Kier alpha value is -0.430. The van der Waals surface area contributed by atoms with E-state index in [9.17, 15) is 0 Å². The monoisotopic (exact) mass is 324 g/mol. The molecule has 0 saturated carbocycles. The predicted octanol–water partition coefficient (Wildman–Crippen LogP) is 3.27. The molecule has 1 aromatic rings.